The highest BCUT2D eigenvalue weighted by atomic mass is 19.1. The van der Waals surface area contributed by atoms with Gasteiger partial charge in [0, 0.05) is 30.1 Å². The van der Waals surface area contributed by atoms with Crippen molar-refractivity contribution in [3.63, 3.8) is 0 Å². The van der Waals surface area contributed by atoms with E-state index < -0.39 is 17.5 Å². The zero-order valence-electron chi connectivity index (χ0n) is 18.6. The van der Waals surface area contributed by atoms with E-state index in [9.17, 15) is 9.18 Å². The van der Waals surface area contributed by atoms with Crippen LogP contribution in [0.25, 0.3) is 33.7 Å². The fraction of sp³-hybridized carbons (Fsp3) is 0.304. The van der Waals surface area contributed by atoms with Crippen LogP contribution >= 0.6 is 0 Å². The number of aliphatic hydroxyl groups is 1. The number of pyridine rings is 1. The van der Waals surface area contributed by atoms with E-state index in [-0.39, 0.29) is 13.2 Å². The molecule has 172 valence electrons. The highest BCUT2D eigenvalue weighted by molar-refractivity contribution is 5.91. The molecule has 4 rings (SSSR count). The molecular weight excluding hydrogens is 427 g/mol. The summed E-state index contributed by atoms with van der Waals surface area (Å²) in [4.78, 5) is 24.0. The average Bonchev–Trinajstić information content (AvgIpc) is 3.38. The number of benzene rings is 1. The van der Waals surface area contributed by atoms with Crippen molar-refractivity contribution in [2.45, 2.75) is 39.5 Å². The first kappa shape index (κ1) is 22.4. The van der Waals surface area contributed by atoms with E-state index in [1.54, 1.807) is 62.2 Å². The SMILES string of the molecule is CC(C)(C)OC(=O)NCc1ccc(-c2ccnc3[nH]c(-c4cnn(CCO)c4)nc23)cc1F. The van der Waals surface area contributed by atoms with Gasteiger partial charge in [0.1, 0.15) is 22.8 Å². The monoisotopic (exact) mass is 452 g/mol. The van der Waals surface area contributed by atoms with Crippen molar-refractivity contribution in [3.8, 4) is 22.5 Å². The molecule has 1 aromatic carbocycles. The fourth-order valence-electron chi connectivity index (χ4n) is 3.33. The number of aromatic amines is 1. The second kappa shape index (κ2) is 8.99. The Hall–Kier alpha value is -3.79. The van der Waals surface area contributed by atoms with Crippen molar-refractivity contribution in [2.75, 3.05) is 6.61 Å². The Morgan fingerprint density at radius 1 is 1.27 bits per heavy atom. The van der Waals surface area contributed by atoms with E-state index in [2.05, 4.69) is 25.4 Å². The average molecular weight is 452 g/mol. The highest BCUT2D eigenvalue weighted by Gasteiger charge is 2.17. The van der Waals surface area contributed by atoms with Gasteiger partial charge in [-0.1, -0.05) is 12.1 Å². The molecule has 0 radical (unpaired) electrons. The van der Waals surface area contributed by atoms with Gasteiger partial charge in [-0.25, -0.2) is 19.2 Å². The predicted molar refractivity (Wildman–Crippen MR) is 121 cm³/mol. The number of carbonyl (C=O) groups excluding carboxylic acids is 1. The third-order valence-corrected chi connectivity index (χ3v) is 4.81. The molecule has 10 heteroatoms. The van der Waals surface area contributed by atoms with Gasteiger partial charge in [0.2, 0.25) is 0 Å². The Balaban J connectivity index is 1.57. The minimum Gasteiger partial charge on any atom is -0.444 e. The summed E-state index contributed by atoms with van der Waals surface area (Å²) in [7, 11) is 0. The number of hydrogen-bond donors (Lipinski definition) is 3. The molecule has 0 atom stereocenters. The molecular formula is C23H25FN6O3. The van der Waals surface area contributed by atoms with Gasteiger partial charge >= 0.3 is 6.09 Å². The van der Waals surface area contributed by atoms with Gasteiger partial charge in [0.25, 0.3) is 0 Å². The van der Waals surface area contributed by atoms with Gasteiger partial charge in [-0.15, -0.1) is 0 Å². The molecule has 3 N–H and O–H groups in total. The molecule has 0 spiro atoms. The number of halogens is 1. The number of imidazole rings is 1. The van der Waals surface area contributed by atoms with E-state index in [1.165, 1.54) is 6.07 Å². The molecule has 0 unspecified atom stereocenters. The van der Waals surface area contributed by atoms with Crippen LogP contribution < -0.4 is 5.32 Å². The predicted octanol–water partition coefficient (Wildman–Crippen LogP) is 3.64. The first-order chi connectivity index (χ1) is 15.7. The number of ether oxygens (including phenoxy) is 1. The molecule has 0 saturated carbocycles. The molecule has 0 bridgehead atoms. The molecule has 1 amide bonds. The number of rotatable bonds is 6. The fourth-order valence-corrected chi connectivity index (χ4v) is 3.33. The number of fused-ring (bicyclic) bond motifs is 1. The third kappa shape index (κ3) is 5.17. The number of H-pyrrole nitrogens is 1. The second-order valence-electron chi connectivity index (χ2n) is 8.52. The van der Waals surface area contributed by atoms with Crippen LogP contribution in [0.5, 0.6) is 0 Å². The minimum absolute atomic E-state index is 0.0111. The van der Waals surface area contributed by atoms with Gasteiger partial charge in [0.15, 0.2) is 5.65 Å². The molecule has 9 nitrogen and oxygen atoms in total. The molecule has 0 fully saturated rings. The summed E-state index contributed by atoms with van der Waals surface area (Å²) in [6.07, 6.45) is 4.46. The lowest BCUT2D eigenvalue weighted by Gasteiger charge is -2.19. The number of nitrogens with one attached hydrogen (secondary N) is 2. The molecule has 33 heavy (non-hydrogen) atoms. The van der Waals surface area contributed by atoms with Crippen LogP contribution in [0.1, 0.15) is 26.3 Å². The molecule has 3 heterocycles. The highest BCUT2D eigenvalue weighted by Crippen LogP contribution is 2.29. The Morgan fingerprint density at radius 2 is 2.09 bits per heavy atom. The van der Waals surface area contributed by atoms with Crippen molar-refractivity contribution < 1.29 is 19.0 Å². The van der Waals surface area contributed by atoms with Crippen LogP contribution in [0.4, 0.5) is 9.18 Å². The third-order valence-electron chi connectivity index (χ3n) is 4.81. The molecule has 0 saturated heterocycles. The van der Waals surface area contributed by atoms with Gasteiger partial charge in [0.05, 0.1) is 24.9 Å². The molecule has 3 aromatic heterocycles. The Morgan fingerprint density at radius 3 is 2.82 bits per heavy atom. The van der Waals surface area contributed by atoms with Crippen molar-refractivity contribution in [2.24, 2.45) is 0 Å². The second-order valence-corrected chi connectivity index (χ2v) is 8.52. The normalized spacial score (nSPS) is 11.7. The topological polar surface area (TPSA) is 118 Å². The van der Waals surface area contributed by atoms with Gasteiger partial charge < -0.3 is 20.1 Å². The zero-order valence-corrected chi connectivity index (χ0v) is 18.6. The molecule has 0 aliphatic heterocycles. The summed E-state index contributed by atoms with van der Waals surface area (Å²) >= 11 is 0. The van der Waals surface area contributed by atoms with Crippen molar-refractivity contribution in [3.05, 3.63) is 54.2 Å². The summed E-state index contributed by atoms with van der Waals surface area (Å²) in [5, 5.41) is 15.8. The van der Waals surface area contributed by atoms with Gasteiger partial charge in [-0.2, -0.15) is 5.10 Å². The summed E-state index contributed by atoms with van der Waals surface area (Å²) in [5.41, 5.74) is 2.98. The number of amides is 1. The van der Waals surface area contributed by atoms with Crippen LogP contribution in [-0.2, 0) is 17.8 Å². The van der Waals surface area contributed by atoms with Crippen molar-refractivity contribution in [1.82, 2.24) is 30.0 Å². The smallest absolute Gasteiger partial charge is 0.407 e. The Bertz CT molecular complexity index is 1290. The summed E-state index contributed by atoms with van der Waals surface area (Å²) in [5.74, 6) is 0.127. The number of alkyl carbamates (subject to hydrolysis) is 1. The van der Waals surface area contributed by atoms with E-state index in [0.29, 0.717) is 34.7 Å². The van der Waals surface area contributed by atoms with Crippen LogP contribution in [0.2, 0.25) is 0 Å². The number of nitrogens with zero attached hydrogens (tertiary/aromatic N) is 4. The maximum atomic E-state index is 14.8. The maximum Gasteiger partial charge on any atom is 0.407 e. The van der Waals surface area contributed by atoms with Gasteiger partial charge in [-0.3, -0.25) is 4.68 Å². The maximum absolute atomic E-state index is 14.8. The molecule has 0 aliphatic carbocycles. The summed E-state index contributed by atoms with van der Waals surface area (Å²) in [6.45, 7) is 5.67. The van der Waals surface area contributed by atoms with Crippen molar-refractivity contribution >= 4 is 17.3 Å². The first-order valence-electron chi connectivity index (χ1n) is 10.5. The van der Waals surface area contributed by atoms with Gasteiger partial charge in [-0.05, 0) is 38.5 Å². The number of carbonyl (C=O) groups is 1. The molecule has 4 aromatic rings. The zero-order chi connectivity index (χ0) is 23.6. The van der Waals surface area contributed by atoms with E-state index >= 15 is 0 Å². The summed E-state index contributed by atoms with van der Waals surface area (Å²) in [6, 6.07) is 6.59. The molecule has 0 aliphatic rings. The quantitative estimate of drug-likeness (QED) is 0.411. The van der Waals surface area contributed by atoms with Crippen LogP contribution in [-0.4, -0.2) is 48.1 Å². The number of aromatic nitrogens is 5. The number of aliphatic hydroxyl groups excluding tert-OH is 1. The summed E-state index contributed by atoms with van der Waals surface area (Å²) < 4.78 is 21.6. The lowest BCUT2D eigenvalue weighted by atomic mass is 10.0. The van der Waals surface area contributed by atoms with E-state index in [4.69, 9.17) is 9.84 Å². The first-order valence-corrected chi connectivity index (χ1v) is 10.5. The Kier molecular flexibility index (Phi) is 6.10. The van der Waals surface area contributed by atoms with E-state index in [1.807, 2.05) is 0 Å². The number of hydrogen-bond acceptors (Lipinski definition) is 6. The van der Waals surface area contributed by atoms with Crippen molar-refractivity contribution in [1.29, 1.82) is 0 Å². The standard InChI is InChI=1S/C23H25FN6O3/c1-23(2,3)33-22(32)26-11-15-5-4-14(10-18(15)24)17-6-7-25-21-19(17)28-20(29-21)16-12-27-30(13-16)8-9-31/h4-7,10,12-13,31H,8-9,11H2,1-3H3,(H,26,32)(H,25,28,29). The largest absolute Gasteiger partial charge is 0.444 e. The van der Waals surface area contributed by atoms with Crippen LogP contribution in [0.15, 0.2) is 42.9 Å². The lowest BCUT2D eigenvalue weighted by molar-refractivity contribution is 0.0523. The van der Waals surface area contributed by atoms with E-state index in [0.717, 1.165) is 11.1 Å². The van der Waals surface area contributed by atoms with Crippen LogP contribution in [0, 0.1) is 5.82 Å². The Labute approximate surface area is 189 Å². The minimum atomic E-state index is -0.626. The lowest BCUT2D eigenvalue weighted by Crippen LogP contribution is -2.32. The van der Waals surface area contributed by atoms with Crippen LogP contribution in [0.3, 0.4) is 0 Å².